The maximum absolute atomic E-state index is 11.6. The molecule has 0 aliphatic rings. The molecule has 0 atom stereocenters. The summed E-state index contributed by atoms with van der Waals surface area (Å²) in [4.78, 5) is 0.0536. The molecule has 0 heterocycles. The maximum atomic E-state index is 11.6. The predicted molar refractivity (Wildman–Crippen MR) is 77.0 cm³/mol. The number of nitrogen functional groups attached to an aromatic ring is 1. The van der Waals surface area contributed by atoms with Crippen LogP contribution in [0.15, 0.2) is 47.4 Å². The largest absolute Gasteiger partial charge is 0.497 e. The van der Waals surface area contributed by atoms with Crippen molar-refractivity contribution < 1.29 is 17.9 Å². The highest BCUT2D eigenvalue weighted by Gasteiger charge is 2.15. The fourth-order valence-electron chi connectivity index (χ4n) is 1.73. The Morgan fingerprint density at radius 3 is 2.35 bits per heavy atom. The van der Waals surface area contributed by atoms with E-state index < -0.39 is 9.84 Å². The van der Waals surface area contributed by atoms with Crippen LogP contribution in [0.2, 0.25) is 0 Å². The average molecular weight is 293 g/mol. The van der Waals surface area contributed by atoms with Crippen LogP contribution >= 0.6 is 0 Å². The number of para-hydroxylation sites is 1. The lowest BCUT2D eigenvalue weighted by Crippen LogP contribution is -2.03. The molecule has 5 nitrogen and oxygen atoms in total. The molecule has 0 bridgehead atoms. The third kappa shape index (κ3) is 3.03. The zero-order valence-electron chi connectivity index (χ0n) is 11.2. The summed E-state index contributed by atoms with van der Waals surface area (Å²) in [6, 6.07) is 11.6. The highest BCUT2D eigenvalue weighted by molar-refractivity contribution is 7.90. The molecule has 2 rings (SSSR count). The summed E-state index contributed by atoms with van der Waals surface area (Å²) in [5.74, 6) is 1.45. The van der Waals surface area contributed by atoms with Crippen molar-refractivity contribution >= 4 is 15.5 Å². The van der Waals surface area contributed by atoms with Gasteiger partial charge in [0.15, 0.2) is 15.6 Å². The van der Waals surface area contributed by atoms with E-state index in [0.29, 0.717) is 17.2 Å². The third-order valence-corrected chi connectivity index (χ3v) is 3.85. The van der Waals surface area contributed by atoms with E-state index in [-0.39, 0.29) is 10.6 Å². The zero-order valence-corrected chi connectivity index (χ0v) is 12.0. The SMILES string of the molecule is COc1cccc(Oc2cccc(S(C)(=O)=O)c2N)c1. The molecule has 0 fully saturated rings. The van der Waals surface area contributed by atoms with Crippen molar-refractivity contribution in [3.05, 3.63) is 42.5 Å². The van der Waals surface area contributed by atoms with Gasteiger partial charge in [0, 0.05) is 12.3 Å². The number of methoxy groups -OCH3 is 1. The predicted octanol–water partition coefficient (Wildman–Crippen LogP) is 2.47. The Kier molecular flexibility index (Phi) is 3.85. The first kappa shape index (κ1) is 14.2. The lowest BCUT2D eigenvalue weighted by atomic mass is 10.3. The summed E-state index contributed by atoms with van der Waals surface area (Å²) in [6.45, 7) is 0. The molecule has 0 unspecified atom stereocenters. The van der Waals surface area contributed by atoms with Crippen LogP contribution in [-0.2, 0) is 9.84 Å². The van der Waals surface area contributed by atoms with Gasteiger partial charge in [0.1, 0.15) is 11.5 Å². The van der Waals surface area contributed by atoms with Gasteiger partial charge in [-0.2, -0.15) is 0 Å². The van der Waals surface area contributed by atoms with Crippen molar-refractivity contribution in [2.75, 3.05) is 19.1 Å². The second-order valence-electron chi connectivity index (χ2n) is 4.22. The van der Waals surface area contributed by atoms with Crippen molar-refractivity contribution in [1.29, 1.82) is 0 Å². The molecule has 0 saturated heterocycles. The van der Waals surface area contributed by atoms with Crippen molar-refractivity contribution in [1.82, 2.24) is 0 Å². The van der Waals surface area contributed by atoms with Crippen LogP contribution in [0, 0.1) is 0 Å². The molecule has 2 aromatic carbocycles. The molecule has 0 amide bonds. The first-order valence-corrected chi connectivity index (χ1v) is 7.71. The van der Waals surface area contributed by atoms with E-state index >= 15 is 0 Å². The fraction of sp³-hybridized carbons (Fsp3) is 0.143. The fourth-order valence-corrected chi connectivity index (χ4v) is 2.55. The minimum Gasteiger partial charge on any atom is -0.497 e. The third-order valence-electron chi connectivity index (χ3n) is 2.69. The second kappa shape index (κ2) is 5.42. The number of hydrogen-bond acceptors (Lipinski definition) is 5. The molecule has 0 aliphatic carbocycles. The van der Waals surface area contributed by atoms with Crippen molar-refractivity contribution in [2.45, 2.75) is 4.90 Å². The summed E-state index contributed by atoms with van der Waals surface area (Å²) < 4.78 is 33.9. The Morgan fingerprint density at radius 1 is 1.05 bits per heavy atom. The Labute approximate surface area is 117 Å². The smallest absolute Gasteiger partial charge is 0.177 e. The zero-order chi connectivity index (χ0) is 14.8. The van der Waals surface area contributed by atoms with Gasteiger partial charge < -0.3 is 15.2 Å². The quantitative estimate of drug-likeness (QED) is 0.876. The van der Waals surface area contributed by atoms with Crippen molar-refractivity contribution in [3.8, 4) is 17.2 Å². The van der Waals surface area contributed by atoms with Crippen LogP contribution in [0.4, 0.5) is 5.69 Å². The summed E-state index contributed by atoms with van der Waals surface area (Å²) in [5, 5.41) is 0. The van der Waals surface area contributed by atoms with Crippen LogP contribution in [0.5, 0.6) is 17.2 Å². The second-order valence-corrected chi connectivity index (χ2v) is 6.21. The number of sulfone groups is 1. The molecule has 0 spiro atoms. The average Bonchev–Trinajstić information content (AvgIpc) is 2.40. The van der Waals surface area contributed by atoms with E-state index in [9.17, 15) is 8.42 Å². The van der Waals surface area contributed by atoms with E-state index in [4.69, 9.17) is 15.2 Å². The van der Waals surface area contributed by atoms with Gasteiger partial charge in [0.05, 0.1) is 17.7 Å². The number of benzene rings is 2. The Morgan fingerprint density at radius 2 is 1.70 bits per heavy atom. The van der Waals surface area contributed by atoms with Gasteiger partial charge in [0.25, 0.3) is 0 Å². The lowest BCUT2D eigenvalue weighted by Gasteiger charge is -2.11. The van der Waals surface area contributed by atoms with Crippen LogP contribution in [0.25, 0.3) is 0 Å². The van der Waals surface area contributed by atoms with Crippen LogP contribution in [0.3, 0.4) is 0 Å². The minimum absolute atomic E-state index is 0.0536. The molecule has 2 N–H and O–H groups in total. The summed E-state index contributed by atoms with van der Waals surface area (Å²) in [7, 11) is -1.84. The topological polar surface area (TPSA) is 78.6 Å². The Bertz CT molecular complexity index is 726. The molecular weight excluding hydrogens is 278 g/mol. The van der Waals surface area contributed by atoms with Gasteiger partial charge in [-0.3, -0.25) is 0 Å². The molecular formula is C14H15NO4S. The molecule has 2 aromatic rings. The van der Waals surface area contributed by atoms with Gasteiger partial charge in [-0.05, 0) is 24.3 Å². The lowest BCUT2D eigenvalue weighted by molar-refractivity contribution is 0.409. The number of nitrogens with two attached hydrogens (primary N) is 1. The van der Waals surface area contributed by atoms with E-state index in [2.05, 4.69) is 0 Å². The number of rotatable bonds is 4. The van der Waals surface area contributed by atoms with Crippen LogP contribution in [-0.4, -0.2) is 21.8 Å². The highest BCUT2D eigenvalue weighted by atomic mass is 32.2. The molecule has 20 heavy (non-hydrogen) atoms. The van der Waals surface area contributed by atoms with E-state index in [1.54, 1.807) is 43.5 Å². The molecule has 106 valence electrons. The first-order valence-electron chi connectivity index (χ1n) is 5.82. The van der Waals surface area contributed by atoms with Gasteiger partial charge in [-0.15, -0.1) is 0 Å². The normalized spacial score (nSPS) is 11.1. The van der Waals surface area contributed by atoms with Crippen molar-refractivity contribution in [3.63, 3.8) is 0 Å². The molecule has 6 heteroatoms. The van der Waals surface area contributed by atoms with Gasteiger partial charge >= 0.3 is 0 Å². The maximum Gasteiger partial charge on any atom is 0.177 e. The summed E-state index contributed by atoms with van der Waals surface area (Å²) in [6.07, 6.45) is 1.11. The van der Waals surface area contributed by atoms with E-state index in [0.717, 1.165) is 6.26 Å². The molecule has 0 aliphatic heterocycles. The van der Waals surface area contributed by atoms with Gasteiger partial charge in [-0.25, -0.2) is 8.42 Å². The molecule has 0 saturated carbocycles. The minimum atomic E-state index is -3.39. The van der Waals surface area contributed by atoms with Gasteiger partial charge in [-0.1, -0.05) is 12.1 Å². The Balaban J connectivity index is 2.39. The number of hydrogen-bond donors (Lipinski definition) is 1. The summed E-state index contributed by atoms with van der Waals surface area (Å²) >= 11 is 0. The molecule has 0 radical (unpaired) electrons. The number of ether oxygens (including phenoxy) is 2. The van der Waals surface area contributed by atoms with E-state index in [1.807, 2.05) is 0 Å². The number of anilines is 1. The first-order chi connectivity index (χ1) is 9.41. The summed E-state index contributed by atoms with van der Waals surface area (Å²) in [5.41, 5.74) is 5.95. The van der Waals surface area contributed by atoms with E-state index in [1.165, 1.54) is 6.07 Å². The highest BCUT2D eigenvalue weighted by Crippen LogP contribution is 2.33. The standard InChI is InChI=1S/C14H15NO4S/c1-18-10-5-3-6-11(9-10)19-12-7-4-8-13(14(12)15)20(2,16)17/h3-9H,15H2,1-2H3. The monoisotopic (exact) mass is 293 g/mol. The Hall–Kier alpha value is -2.21. The molecule has 0 aromatic heterocycles. The van der Waals surface area contributed by atoms with Crippen LogP contribution in [0.1, 0.15) is 0 Å². The van der Waals surface area contributed by atoms with Crippen molar-refractivity contribution in [2.24, 2.45) is 0 Å². The van der Waals surface area contributed by atoms with Crippen LogP contribution < -0.4 is 15.2 Å². The van der Waals surface area contributed by atoms with Gasteiger partial charge in [0.2, 0.25) is 0 Å².